The van der Waals surface area contributed by atoms with E-state index in [-0.39, 0.29) is 19.3 Å². The maximum absolute atomic E-state index is 12.2. The van der Waals surface area contributed by atoms with Gasteiger partial charge in [-0.25, -0.2) is 9.78 Å². The zero-order chi connectivity index (χ0) is 24.5. The number of hydrogen-bond donors (Lipinski definition) is 0. The number of rotatable bonds is 6. The first kappa shape index (κ1) is 23.0. The number of hydrogen-bond acceptors (Lipinski definition) is 8. The molecule has 2 amide bonds. The number of nitrogens with zero attached hydrogens (tertiary/aromatic N) is 4. The van der Waals surface area contributed by atoms with Gasteiger partial charge in [-0.2, -0.15) is 0 Å². The Labute approximate surface area is 202 Å². The molecule has 0 aromatic heterocycles. The number of aryl methyl sites for hydroxylation is 2. The van der Waals surface area contributed by atoms with E-state index in [0.717, 1.165) is 47.2 Å². The molecule has 0 atom stereocenters. The van der Waals surface area contributed by atoms with Gasteiger partial charge in [0.1, 0.15) is 11.2 Å². The van der Waals surface area contributed by atoms with Gasteiger partial charge >= 0.3 is 5.97 Å². The number of carbonyl (C=O) groups is 3. The third-order valence-corrected chi connectivity index (χ3v) is 6.45. The van der Waals surface area contributed by atoms with Crippen LogP contribution in [0.4, 0.5) is 5.69 Å². The van der Waals surface area contributed by atoms with Crippen molar-refractivity contribution >= 4 is 34.6 Å². The van der Waals surface area contributed by atoms with E-state index in [4.69, 9.17) is 14.2 Å². The Balaban J connectivity index is 1.34. The molecule has 9 nitrogen and oxygen atoms in total. The molecule has 1 fully saturated rings. The number of aromatic nitrogens is 1. The Morgan fingerprint density at radius 2 is 1.94 bits per heavy atom. The van der Waals surface area contributed by atoms with Gasteiger partial charge in [0.15, 0.2) is 11.3 Å². The van der Waals surface area contributed by atoms with Crippen LogP contribution in [0.5, 0.6) is 0 Å². The molecule has 0 unspecified atom stereocenters. The van der Waals surface area contributed by atoms with E-state index in [2.05, 4.69) is 16.0 Å². The van der Waals surface area contributed by atoms with Crippen molar-refractivity contribution in [2.75, 3.05) is 24.5 Å². The smallest absolute Gasteiger partial charge is 0.333 e. The summed E-state index contributed by atoms with van der Waals surface area (Å²) in [5.41, 5.74) is 5.70. The highest BCUT2D eigenvalue weighted by molar-refractivity contribution is 6.01. The van der Waals surface area contributed by atoms with Gasteiger partial charge < -0.3 is 14.2 Å². The topological polar surface area (TPSA) is 105 Å². The van der Waals surface area contributed by atoms with E-state index in [9.17, 15) is 14.4 Å². The number of amides is 2. The average Bonchev–Trinajstić information content (AvgIpc) is 3.14. The number of benzene rings is 2. The number of fused-ring (bicyclic) bond motifs is 3. The molecule has 182 valence electrons. The first-order valence-electron chi connectivity index (χ1n) is 12.1. The highest BCUT2D eigenvalue weighted by atomic mass is 16.7. The first-order chi connectivity index (χ1) is 16.9. The Bertz CT molecular complexity index is 1350. The second-order valence-electron chi connectivity index (χ2n) is 8.98. The van der Waals surface area contributed by atoms with E-state index in [1.54, 1.807) is 0 Å². The van der Waals surface area contributed by atoms with Crippen LogP contribution >= 0.6 is 0 Å². The van der Waals surface area contributed by atoms with Gasteiger partial charge in [-0.15, -0.1) is 5.06 Å². The molecule has 35 heavy (non-hydrogen) atoms. The molecule has 1 aliphatic carbocycles. The third kappa shape index (κ3) is 4.62. The Morgan fingerprint density at radius 1 is 1.14 bits per heavy atom. The lowest BCUT2D eigenvalue weighted by atomic mass is 10.0. The van der Waals surface area contributed by atoms with Crippen molar-refractivity contribution in [3.05, 3.63) is 40.7 Å². The van der Waals surface area contributed by atoms with Gasteiger partial charge in [0.25, 0.3) is 11.8 Å². The minimum absolute atomic E-state index is 0.0914. The standard InChI is InChI=1S/C26H28N4O5/c1-3-27-18-14-22-19(12-16(18)2)28-20-13-17-6-4-10-29(21(17)15-23(20)34-22)11-5-7-26(33)35-30-24(31)8-9-25(30)32/h12-15H,3-11H2,1-2H3. The zero-order valence-corrected chi connectivity index (χ0v) is 20.0. The van der Waals surface area contributed by atoms with E-state index in [1.807, 2.05) is 32.0 Å². The highest BCUT2D eigenvalue weighted by Crippen LogP contribution is 2.34. The van der Waals surface area contributed by atoms with Crippen molar-refractivity contribution in [1.82, 2.24) is 10.0 Å². The van der Waals surface area contributed by atoms with Crippen LogP contribution in [0.2, 0.25) is 0 Å². The quantitative estimate of drug-likeness (QED) is 0.397. The first-order valence-corrected chi connectivity index (χ1v) is 12.1. The molecule has 0 saturated carbocycles. The fourth-order valence-corrected chi connectivity index (χ4v) is 4.72. The van der Waals surface area contributed by atoms with Crippen LogP contribution in [-0.2, 0) is 25.6 Å². The van der Waals surface area contributed by atoms with Crippen LogP contribution in [0.1, 0.15) is 50.2 Å². The lowest BCUT2D eigenvalue weighted by molar-refractivity contribution is -0.197. The van der Waals surface area contributed by atoms with Gasteiger partial charge in [-0.1, -0.05) is 0 Å². The second-order valence-corrected chi connectivity index (χ2v) is 8.98. The molecule has 3 aliphatic heterocycles. The Kier molecular flexibility index (Phi) is 6.23. The lowest BCUT2D eigenvalue weighted by Gasteiger charge is -2.31. The monoisotopic (exact) mass is 476 g/mol. The predicted molar refractivity (Wildman–Crippen MR) is 128 cm³/mol. The van der Waals surface area contributed by atoms with Gasteiger partial charge in [0.05, 0.1) is 5.36 Å². The summed E-state index contributed by atoms with van der Waals surface area (Å²) in [6.07, 6.45) is 2.81. The minimum Gasteiger partial charge on any atom is -0.453 e. The van der Waals surface area contributed by atoms with Gasteiger partial charge in [-0.05, 0) is 56.4 Å². The van der Waals surface area contributed by atoms with Crippen LogP contribution in [0.15, 0.2) is 33.7 Å². The lowest BCUT2D eigenvalue weighted by Crippen LogP contribution is -2.33. The number of carbonyl (C=O) groups excluding carboxylic acids is 3. The molecule has 4 aliphatic rings. The maximum atomic E-state index is 12.2. The van der Waals surface area contributed by atoms with Crippen molar-refractivity contribution < 1.29 is 23.6 Å². The fourth-order valence-electron chi connectivity index (χ4n) is 4.72. The summed E-state index contributed by atoms with van der Waals surface area (Å²) in [6.45, 7) is 6.26. The summed E-state index contributed by atoms with van der Waals surface area (Å²) in [5, 5.41) is 1.51. The molecule has 1 aromatic carbocycles. The normalized spacial score (nSPS) is 16.5. The minimum atomic E-state index is -0.571. The number of imide groups is 1. The van der Waals surface area contributed by atoms with Crippen molar-refractivity contribution in [1.29, 1.82) is 0 Å². The molecule has 9 heteroatoms. The number of hydroxylamine groups is 2. The van der Waals surface area contributed by atoms with Crippen LogP contribution < -0.4 is 10.3 Å². The second kappa shape index (κ2) is 9.48. The highest BCUT2D eigenvalue weighted by Gasteiger charge is 2.32. The van der Waals surface area contributed by atoms with E-state index < -0.39 is 17.8 Å². The molecule has 0 radical (unpaired) electrons. The fraction of sp³-hybridized carbons (Fsp3) is 0.423. The SMILES string of the molecule is CCN=c1cc2oc3cc4c(cc3nc-2cc1C)CCCN4CCCC(=O)ON1C(=O)CCC1=O. The molecule has 0 bridgehead atoms. The summed E-state index contributed by atoms with van der Waals surface area (Å²) in [7, 11) is 0. The number of anilines is 1. The molecular weight excluding hydrogens is 448 g/mol. The van der Waals surface area contributed by atoms with Crippen molar-refractivity contribution in [3.63, 3.8) is 0 Å². The molecule has 5 rings (SSSR count). The summed E-state index contributed by atoms with van der Waals surface area (Å²) in [5.74, 6) is -0.795. The molecule has 1 aromatic rings. The molecule has 1 saturated heterocycles. The summed E-state index contributed by atoms with van der Waals surface area (Å²) in [6, 6.07) is 8.09. The molecule has 0 spiro atoms. The van der Waals surface area contributed by atoms with Crippen molar-refractivity contribution in [3.8, 4) is 11.5 Å². The largest absolute Gasteiger partial charge is 0.453 e. The van der Waals surface area contributed by atoms with Crippen LogP contribution in [-0.4, -0.2) is 47.5 Å². The summed E-state index contributed by atoms with van der Waals surface area (Å²) < 4.78 is 6.25. The van der Waals surface area contributed by atoms with E-state index in [1.165, 1.54) is 5.56 Å². The average molecular weight is 477 g/mol. The van der Waals surface area contributed by atoms with Gasteiger partial charge in [0.2, 0.25) is 0 Å². The van der Waals surface area contributed by atoms with Crippen LogP contribution in [0.3, 0.4) is 0 Å². The predicted octanol–water partition coefficient (Wildman–Crippen LogP) is 3.30. The molecule has 3 heterocycles. The van der Waals surface area contributed by atoms with Crippen LogP contribution in [0.25, 0.3) is 22.6 Å². The maximum Gasteiger partial charge on any atom is 0.333 e. The zero-order valence-electron chi connectivity index (χ0n) is 20.0. The summed E-state index contributed by atoms with van der Waals surface area (Å²) in [4.78, 5) is 52.0. The molecule has 0 N–H and O–H groups in total. The Morgan fingerprint density at radius 3 is 2.71 bits per heavy atom. The van der Waals surface area contributed by atoms with Crippen molar-refractivity contribution in [2.24, 2.45) is 4.99 Å². The third-order valence-electron chi connectivity index (χ3n) is 6.45. The van der Waals surface area contributed by atoms with Gasteiger partial charge in [-0.3, -0.25) is 14.6 Å². The van der Waals surface area contributed by atoms with Crippen LogP contribution in [0, 0.1) is 6.92 Å². The van der Waals surface area contributed by atoms with E-state index in [0.29, 0.717) is 35.9 Å². The van der Waals surface area contributed by atoms with Crippen molar-refractivity contribution in [2.45, 2.75) is 52.4 Å². The Hall–Kier alpha value is -3.75. The molecular formula is C26H28N4O5. The van der Waals surface area contributed by atoms with Gasteiger partial charge in [0, 0.05) is 56.7 Å². The van der Waals surface area contributed by atoms with E-state index >= 15 is 0 Å². The summed E-state index contributed by atoms with van der Waals surface area (Å²) >= 11 is 0.